The Balaban J connectivity index is 2.18. The Hall–Kier alpha value is -2.96. The molecule has 2 aromatic carbocycles. The monoisotopic (exact) mass is 271 g/mol. The molecule has 0 amide bonds. The largest absolute Gasteiger partial charge is 0.442 e. The van der Waals surface area contributed by atoms with Gasteiger partial charge in [0.15, 0.2) is 0 Å². The summed E-state index contributed by atoms with van der Waals surface area (Å²) in [7, 11) is 0. The molecule has 1 radical (unpaired) electrons. The third-order valence-corrected chi connectivity index (χ3v) is 2.96. The number of nitrogens with zero attached hydrogens (tertiary/aromatic N) is 2. The summed E-state index contributed by atoms with van der Waals surface area (Å²) in [5, 5.41) is 22.0. The van der Waals surface area contributed by atoms with Gasteiger partial charge in [-0.2, -0.15) is 0 Å². The molecular formula is C13H7N2O5. The lowest BCUT2D eigenvalue weighted by Crippen LogP contribution is -2.06. The minimum absolute atomic E-state index is 0.0271. The zero-order valence-corrected chi connectivity index (χ0v) is 9.98. The standard InChI is InChI=1S/C13H7N2O5/c16-14(17)10-5-1-3-8-7-9-4-2-6-11(15(18)19)13(9)20-12(8)10/h1-7H. The van der Waals surface area contributed by atoms with Crippen molar-refractivity contribution in [2.45, 2.75) is 0 Å². The van der Waals surface area contributed by atoms with Crippen LogP contribution in [-0.2, 0) is 0 Å². The molecule has 0 unspecified atom stereocenters. The highest BCUT2D eigenvalue weighted by Gasteiger charge is 2.30. The van der Waals surface area contributed by atoms with Crippen molar-refractivity contribution >= 4 is 11.4 Å². The number of fused-ring (bicyclic) bond motifs is 2. The zero-order valence-electron chi connectivity index (χ0n) is 9.98. The van der Waals surface area contributed by atoms with Crippen LogP contribution < -0.4 is 4.74 Å². The molecule has 0 N–H and O–H groups in total. The van der Waals surface area contributed by atoms with Gasteiger partial charge in [-0.1, -0.05) is 24.3 Å². The lowest BCUT2D eigenvalue weighted by atomic mass is 9.99. The Labute approximate surface area is 112 Å². The third-order valence-electron chi connectivity index (χ3n) is 2.96. The molecule has 3 rings (SSSR count). The molecule has 0 spiro atoms. The SMILES string of the molecule is O=[N+]([O-])c1cccc2c1Oc1c(cccc1[N+](=O)[O-])[CH]2. The quantitative estimate of drug-likeness (QED) is 0.526. The van der Waals surface area contributed by atoms with Crippen LogP contribution in [0.5, 0.6) is 11.5 Å². The van der Waals surface area contributed by atoms with Crippen LogP contribution in [0.2, 0.25) is 0 Å². The lowest BCUT2D eigenvalue weighted by Gasteiger charge is -2.19. The molecule has 7 nitrogen and oxygen atoms in total. The maximum absolute atomic E-state index is 11.0. The van der Waals surface area contributed by atoms with E-state index < -0.39 is 9.85 Å². The summed E-state index contributed by atoms with van der Waals surface area (Å²) in [5.41, 5.74) is 0.601. The van der Waals surface area contributed by atoms with Crippen molar-refractivity contribution in [1.29, 1.82) is 0 Å². The molecule has 0 aliphatic carbocycles. The van der Waals surface area contributed by atoms with E-state index in [2.05, 4.69) is 0 Å². The van der Waals surface area contributed by atoms with E-state index in [1.807, 2.05) is 0 Å². The zero-order chi connectivity index (χ0) is 14.3. The molecule has 7 heteroatoms. The number of benzene rings is 2. The van der Waals surface area contributed by atoms with Gasteiger partial charge < -0.3 is 4.74 Å². The van der Waals surface area contributed by atoms with Crippen LogP contribution in [0, 0.1) is 26.6 Å². The van der Waals surface area contributed by atoms with Crippen molar-refractivity contribution in [1.82, 2.24) is 0 Å². The van der Waals surface area contributed by atoms with Gasteiger partial charge in [-0.05, 0) is 0 Å². The van der Waals surface area contributed by atoms with Crippen LogP contribution in [0.3, 0.4) is 0 Å². The number of hydrogen-bond donors (Lipinski definition) is 0. The van der Waals surface area contributed by atoms with E-state index in [0.29, 0.717) is 11.1 Å². The number of ether oxygens (including phenoxy) is 1. The summed E-state index contributed by atoms with van der Waals surface area (Å²) in [4.78, 5) is 20.8. The molecule has 0 aromatic heterocycles. The number of nitro groups is 2. The van der Waals surface area contributed by atoms with E-state index >= 15 is 0 Å². The van der Waals surface area contributed by atoms with Gasteiger partial charge in [0, 0.05) is 29.7 Å². The molecular weight excluding hydrogens is 264 g/mol. The molecule has 2 aromatic rings. The molecule has 0 fully saturated rings. The molecule has 1 heterocycles. The van der Waals surface area contributed by atoms with Gasteiger partial charge in [0.2, 0.25) is 11.5 Å². The van der Waals surface area contributed by atoms with E-state index in [4.69, 9.17) is 4.74 Å². The average Bonchev–Trinajstić information content (AvgIpc) is 2.43. The van der Waals surface area contributed by atoms with Gasteiger partial charge in [-0.3, -0.25) is 20.2 Å². The van der Waals surface area contributed by atoms with Crippen molar-refractivity contribution < 1.29 is 14.6 Å². The van der Waals surface area contributed by atoms with Gasteiger partial charge in [-0.15, -0.1) is 0 Å². The fourth-order valence-corrected chi connectivity index (χ4v) is 2.09. The van der Waals surface area contributed by atoms with E-state index in [1.54, 1.807) is 30.7 Å². The van der Waals surface area contributed by atoms with Crippen LogP contribution in [0.4, 0.5) is 11.4 Å². The minimum Gasteiger partial charge on any atom is -0.442 e. The summed E-state index contributed by atoms with van der Waals surface area (Å²) in [6.07, 6.45) is 1.63. The highest BCUT2D eigenvalue weighted by atomic mass is 16.6. The minimum atomic E-state index is -0.577. The number of rotatable bonds is 2. The van der Waals surface area contributed by atoms with E-state index in [9.17, 15) is 20.2 Å². The van der Waals surface area contributed by atoms with Gasteiger partial charge in [-0.25, -0.2) is 0 Å². The first-order valence-corrected chi connectivity index (χ1v) is 5.65. The first-order chi connectivity index (χ1) is 9.58. The molecule has 20 heavy (non-hydrogen) atoms. The van der Waals surface area contributed by atoms with Crippen LogP contribution in [0.15, 0.2) is 36.4 Å². The summed E-state index contributed by atoms with van der Waals surface area (Å²) in [5.74, 6) is 0.0543. The second-order valence-corrected chi connectivity index (χ2v) is 4.15. The summed E-state index contributed by atoms with van der Waals surface area (Å²) in [6, 6.07) is 8.99. The smallest absolute Gasteiger partial charge is 0.311 e. The van der Waals surface area contributed by atoms with Crippen LogP contribution in [0.1, 0.15) is 11.1 Å². The van der Waals surface area contributed by atoms with Crippen molar-refractivity contribution in [2.24, 2.45) is 0 Å². The van der Waals surface area contributed by atoms with Crippen LogP contribution >= 0.6 is 0 Å². The normalized spacial score (nSPS) is 12.0. The third kappa shape index (κ3) is 1.76. The molecule has 99 valence electrons. The van der Waals surface area contributed by atoms with Crippen molar-refractivity contribution in [3.05, 3.63) is 74.2 Å². The van der Waals surface area contributed by atoms with Crippen molar-refractivity contribution in [3.8, 4) is 11.5 Å². The summed E-state index contributed by atoms with van der Waals surface area (Å²) < 4.78 is 5.45. The Bertz CT molecular complexity index is 680. The first kappa shape index (κ1) is 12.1. The number of para-hydroxylation sites is 2. The molecule has 0 saturated carbocycles. The van der Waals surface area contributed by atoms with Gasteiger partial charge in [0.25, 0.3) is 0 Å². The fourth-order valence-electron chi connectivity index (χ4n) is 2.09. The molecule has 0 bridgehead atoms. The Morgan fingerprint density at radius 3 is 1.65 bits per heavy atom. The Kier molecular flexibility index (Phi) is 2.60. The molecule has 1 aliphatic rings. The van der Waals surface area contributed by atoms with Crippen LogP contribution in [0.25, 0.3) is 0 Å². The van der Waals surface area contributed by atoms with E-state index in [1.165, 1.54) is 12.1 Å². The van der Waals surface area contributed by atoms with Crippen molar-refractivity contribution in [3.63, 3.8) is 0 Å². The molecule has 1 aliphatic heterocycles. The van der Waals surface area contributed by atoms with Crippen LogP contribution in [-0.4, -0.2) is 9.85 Å². The first-order valence-electron chi connectivity index (χ1n) is 5.65. The second-order valence-electron chi connectivity index (χ2n) is 4.15. The topological polar surface area (TPSA) is 95.5 Å². The number of hydrogen-bond acceptors (Lipinski definition) is 5. The van der Waals surface area contributed by atoms with E-state index in [0.717, 1.165) is 0 Å². The number of nitro benzene ring substituents is 2. The fraction of sp³-hybridized carbons (Fsp3) is 0. The Morgan fingerprint density at radius 2 is 1.25 bits per heavy atom. The van der Waals surface area contributed by atoms with E-state index in [-0.39, 0.29) is 22.9 Å². The summed E-state index contributed by atoms with van der Waals surface area (Å²) in [6.45, 7) is 0. The van der Waals surface area contributed by atoms with Crippen molar-refractivity contribution in [2.75, 3.05) is 0 Å². The van der Waals surface area contributed by atoms with Gasteiger partial charge in [0.1, 0.15) is 0 Å². The predicted molar refractivity (Wildman–Crippen MR) is 68.8 cm³/mol. The van der Waals surface area contributed by atoms with Gasteiger partial charge >= 0.3 is 11.4 Å². The Morgan fingerprint density at radius 1 is 0.800 bits per heavy atom. The maximum Gasteiger partial charge on any atom is 0.311 e. The molecule has 0 atom stereocenters. The van der Waals surface area contributed by atoms with Gasteiger partial charge in [0.05, 0.1) is 9.85 Å². The molecule has 0 saturated heterocycles. The predicted octanol–water partition coefficient (Wildman–Crippen LogP) is 3.21. The summed E-state index contributed by atoms with van der Waals surface area (Å²) >= 11 is 0. The highest BCUT2D eigenvalue weighted by molar-refractivity contribution is 5.68. The average molecular weight is 271 g/mol. The lowest BCUT2D eigenvalue weighted by molar-refractivity contribution is -0.387. The highest BCUT2D eigenvalue weighted by Crippen LogP contribution is 2.46. The maximum atomic E-state index is 11.0. The second kappa shape index (κ2) is 4.30.